The maximum Gasteiger partial charge on any atom is 0.282 e. The van der Waals surface area contributed by atoms with Gasteiger partial charge in [-0.05, 0) is 56.3 Å². The summed E-state index contributed by atoms with van der Waals surface area (Å²) < 4.78 is 0. The number of nitrogens with one attached hydrogen (secondary N) is 2. The molecule has 0 aliphatic heterocycles. The summed E-state index contributed by atoms with van der Waals surface area (Å²) in [6.45, 7) is 0. The van der Waals surface area contributed by atoms with Crippen molar-refractivity contribution in [2.75, 3.05) is 12.4 Å². The molecule has 0 aromatic carbocycles. The van der Waals surface area contributed by atoms with Gasteiger partial charge in [-0.15, -0.1) is 10.2 Å². The van der Waals surface area contributed by atoms with Crippen LogP contribution in [-0.2, 0) is 0 Å². The van der Waals surface area contributed by atoms with Crippen molar-refractivity contribution in [2.24, 2.45) is 17.8 Å². The van der Waals surface area contributed by atoms with E-state index in [0.29, 0.717) is 10.1 Å². The number of hydrogen-bond donors (Lipinski definition) is 2. The number of anilines is 1. The molecule has 4 fully saturated rings. The summed E-state index contributed by atoms with van der Waals surface area (Å²) in [5.74, 6) is 2.47. The van der Waals surface area contributed by atoms with E-state index >= 15 is 0 Å². The van der Waals surface area contributed by atoms with E-state index in [1.807, 2.05) is 0 Å². The summed E-state index contributed by atoms with van der Waals surface area (Å²) in [5.41, 5.74) is 0.0529. The van der Waals surface area contributed by atoms with Crippen LogP contribution in [0.25, 0.3) is 0 Å². The molecule has 1 heterocycles. The van der Waals surface area contributed by atoms with Gasteiger partial charge >= 0.3 is 0 Å². The zero-order valence-corrected chi connectivity index (χ0v) is 12.5. The number of amides is 1. The highest BCUT2D eigenvalue weighted by atomic mass is 32.1. The Morgan fingerprint density at radius 1 is 1.15 bits per heavy atom. The van der Waals surface area contributed by atoms with Gasteiger partial charge < -0.3 is 10.6 Å². The van der Waals surface area contributed by atoms with E-state index in [1.165, 1.54) is 49.9 Å². The SMILES string of the molecule is CNc1nnc(C(=O)NC23CC4CC(CC(C4)C2)C3)s1. The molecule has 1 aromatic rings. The Balaban J connectivity index is 1.52. The second-order valence-electron chi connectivity index (χ2n) is 6.81. The van der Waals surface area contributed by atoms with E-state index in [-0.39, 0.29) is 11.4 Å². The van der Waals surface area contributed by atoms with E-state index in [2.05, 4.69) is 20.8 Å². The third-order valence-electron chi connectivity index (χ3n) is 5.25. The molecule has 4 bridgehead atoms. The van der Waals surface area contributed by atoms with Crippen LogP contribution in [0.15, 0.2) is 0 Å². The van der Waals surface area contributed by atoms with Gasteiger partial charge in [0.25, 0.3) is 5.91 Å². The Kier molecular flexibility index (Phi) is 2.77. The van der Waals surface area contributed by atoms with Gasteiger partial charge in [-0.3, -0.25) is 4.79 Å². The summed E-state index contributed by atoms with van der Waals surface area (Å²) in [5, 5.41) is 15.3. The van der Waals surface area contributed by atoms with Crippen LogP contribution in [0.3, 0.4) is 0 Å². The molecule has 2 N–H and O–H groups in total. The third-order valence-corrected chi connectivity index (χ3v) is 6.19. The monoisotopic (exact) mass is 292 g/mol. The number of aromatic nitrogens is 2. The first-order valence-corrected chi connectivity index (χ1v) is 8.31. The van der Waals surface area contributed by atoms with Crippen molar-refractivity contribution in [3.8, 4) is 0 Å². The van der Waals surface area contributed by atoms with Crippen LogP contribution in [0.2, 0.25) is 0 Å². The minimum atomic E-state index is -0.0362. The van der Waals surface area contributed by atoms with E-state index in [0.717, 1.165) is 17.8 Å². The first-order valence-electron chi connectivity index (χ1n) is 7.49. The van der Waals surface area contributed by atoms with Crippen LogP contribution in [0, 0.1) is 17.8 Å². The minimum absolute atomic E-state index is 0.0362. The zero-order valence-electron chi connectivity index (χ0n) is 11.7. The van der Waals surface area contributed by atoms with Crippen LogP contribution < -0.4 is 10.6 Å². The Bertz CT molecular complexity index is 506. The first kappa shape index (κ1) is 12.6. The summed E-state index contributed by atoms with van der Waals surface area (Å²) in [4.78, 5) is 12.4. The summed E-state index contributed by atoms with van der Waals surface area (Å²) in [6.07, 6.45) is 7.67. The van der Waals surface area contributed by atoms with Gasteiger partial charge in [0, 0.05) is 12.6 Å². The smallest absolute Gasteiger partial charge is 0.282 e. The van der Waals surface area contributed by atoms with Crippen LogP contribution in [-0.4, -0.2) is 28.7 Å². The van der Waals surface area contributed by atoms with Crippen molar-refractivity contribution in [2.45, 2.75) is 44.1 Å². The van der Waals surface area contributed by atoms with Gasteiger partial charge in [0.05, 0.1) is 0 Å². The molecule has 4 aliphatic carbocycles. The topological polar surface area (TPSA) is 66.9 Å². The molecule has 0 radical (unpaired) electrons. The second kappa shape index (κ2) is 4.41. The molecular formula is C14H20N4OS. The van der Waals surface area contributed by atoms with Crippen molar-refractivity contribution in [1.29, 1.82) is 0 Å². The highest BCUT2D eigenvalue weighted by molar-refractivity contribution is 7.17. The number of carbonyl (C=O) groups is 1. The molecule has 5 rings (SSSR count). The summed E-state index contributed by atoms with van der Waals surface area (Å²) >= 11 is 1.32. The molecule has 4 aliphatic rings. The predicted octanol–water partition coefficient (Wildman–Crippen LogP) is 2.28. The maximum absolute atomic E-state index is 12.4. The number of rotatable bonds is 3. The molecule has 0 saturated heterocycles. The predicted molar refractivity (Wildman–Crippen MR) is 77.8 cm³/mol. The molecule has 6 heteroatoms. The van der Waals surface area contributed by atoms with Gasteiger partial charge in [-0.25, -0.2) is 0 Å². The van der Waals surface area contributed by atoms with Crippen molar-refractivity contribution in [3.05, 3.63) is 5.01 Å². The van der Waals surface area contributed by atoms with E-state index in [4.69, 9.17) is 0 Å². The summed E-state index contributed by atoms with van der Waals surface area (Å²) in [6, 6.07) is 0. The fraction of sp³-hybridized carbons (Fsp3) is 0.786. The van der Waals surface area contributed by atoms with Gasteiger partial charge in [0.15, 0.2) is 0 Å². The van der Waals surface area contributed by atoms with Gasteiger partial charge in [0.1, 0.15) is 0 Å². The molecule has 1 aromatic heterocycles. The second-order valence-corrected chi connectivity index (χ2v) is 7.79. The Morgan fingerprint density at radius 2 is 1.75 bits per heavy atom. The van der Waals surface area contributed by atoms with E-state index in [9.17, 15) is 4.79 Å². The molecular weight excluding hydrogens is 272 g/mol. The van der Waals surface area contributed by atoms with Gasteiger partial charge in [-0.1, -0.05) is 11.3 Å². The highest BCUT2D eigenvalue weighted by Crippen LogP contribution is 2.55. The Labute approximate surface area is 122 Å². The number of hydrogen-bond acceptors (Lipinski definition) is 5. The fourth-order valence-electron chi connectivity index (χ4n) is 4.97. The normalized spacial score (nSPS) is 38.0. The van der Waals surface area contributed by atoms with Gasteiger partial charge in [-0.2, -0.15) is 0 Å². The van der Waals surface area contributed by atoms with Gasteiger partial charge in [0.2, 0.25) is 10.1 Å². The number of carbonyl (C=O) groups excluding carboxylic acids is 1. The molecule has 0 atom stereocenters. The van der Waals surface area contributed by atoms with Crippen molar-refractivity contribution in [3.63, 3.8) is 0 Å². The van der Waals surface area contributed by atoms with Crippen LogP contribution in [0.4, 0.5) is 5.13 Å². The van der Waals surface area contributed by atoms with Crippen molar-refractivity contribution >= 4 is 22.4 Å². The van der Waals surface area contributed by atoms with Crippen molar-refractivity contribution in [1.82, 2.24) is 15.5 Å². The van der Waals surface area contributed by atoms with Crippen molar-refractivity contribution < 1.29 is 4.79 Å². The Morgan fingerprint density at radius 3 is 2.25 bits per heavy atom. The summed E-state index contributed by atoms with van der Waals surface area (Å²) in [7, 11) is 1.79. The maximum atomic E-state index is 12.4. The third kappa shape index (κ3) is 2.01. The lowest BCUT2D eigenvalue weighted by molar-refractivity contribution is -0.0167. The molecule has 4 saturated carbocycles. The van der Waals surface area contributed by atoms with E-state index < -0.39 is 0 Å². The molecule has 20 heavy (non-hydrogen) atoms. The number of nitrogens with zero attached hydrogens (tertiary/aromatic N) is 2. The molecule has 5 nitrogen and oxygen atoms in total. The molecule has 1 amide bonds. The highest BCUT2D eigenvalue weighted by Gasteiger charge is 2.51. The average Bonchev–Trinajstić information content (AvgIpc) is 2.85. The first-order chi connectivity index (χ1) is 9.66. The molecule has 0 unspecified atom stereocenters. The molecule has 0 spiro atoms. The quantitative estimate of drug-likeness (QED) is 0.897. The standard InChI is InChI=1S/C14H20N4OS/c1-15-13-18-17-12(20-13)11(19)16-14-5-8-2-9(6-14)4-10(3-8)7-14/h8-10H,2-7H2,1H3,(H,15,18)(H,16,19). The largest absolute Gasteiger partial charge is 0.363 e. The lowest BCUT2D eigenvalue weighted by Gasteiger charge is -2.56. The van der Waals surface area contributed by atoms with Crippen LogP contribution >= 0.6 is 11.3 Å². The average molecular weight is 292 g/mol. The Hall–Kier alpha value is -1.17. The lowest BCUT2D eigenvalue weighted by atomic mass is 9.53. The van der Waals surface area contributed by atoms with Crippen LogP contribution in [0.5, 0.6) is 0 Å². The molecule has 108 valence electrons. The lowest BCUT2D eigenvalue weighted by Crippen LogP contribution is -2.59. The minimum Gasteiger partial charge on any atom is -0.363 e. The fourth-order valence-corrected chi connectivity index (χ4v) is 5.57. The van der Waals surface area contributed by atoms with Crippen LogP contribution in [0.1, 0.15) is 48.3 Å². The van der Waals surface area contributed by atoms with E-state index in [1.54, 1.807) is 7.05 Å². The zero-order chi connectivity index (χ0) is 13.7.